The summed E-state index contributed by atoms with van der Waals surface area (Å²) in [6.07, 6.45) is 8.26. The van der Waals surface area contributed by atoms with Gasteiger partial charge in [-0.25, -0.2) is 0 Å². The van der Waals surface area contributed by atoms with Crippen molar-refractivity contribution in [2.75, 3.05) is 19.6 Å². The monoisotopic (exact) mass is 289 g/mol. The van der Waals surface area contributed by atoms with E-state index < -0.39 is 0 Å². The van der Waals surface area contributed by atoms with E-state index in [2.05, 4.69) is 47.2 Å². The van der Waals surface area contributed by atoms with Gasteiger partial charge < -0.3 is 5.32 Å². The molecule has 1 N–H and O–H groups in total. The Labute approximate surface area is 130 Å². The molecule has 3 nitrogen and oxygen atoms in total. The molecular formula is C18H31N3. The maximum Gasteiger partial charge on any atom is 0.0547 e. The van der Waals surface area contributed by atoms with Crippen molar-refractivity contribution in [1.29, 1.82) is 0 Å². The van der Waals surface area contributed by atoms with E-state index in [-0.39, 0.29) is 0 Å². The molecule has 0 bridgehead atoms. The van der Waals surface area contributed by atoms with Crippen LogP contribution in [0.25, 0.3) is 0 Å². The average molecular weight is 289 g/mol. The lowest BCUT2D eigenvalue weighted by molar-refractivity contribution is 0.266. The quantitative estimate of drug-likeness (QED) is 0.742. The largest absolute Gasteiger partial charge is 0.314 e. The first-order chi connectivity index (χ1) is 10.3. The van der Waals surface area contributed by atoms with E-state index in [0.717, 1.165) is 37.9 Å². The molecule has 1 aromatic rings. The van der Waals surface area contributed by atoms with Gasteiger partial charge >= 0.3 is 0 Å². The molecule has 0 aliphatic heterocycles. The second kappa shape index (κ2) is 9.16. The van der Waals surface area contributed by atoms with E-state index >= 15 is 0 Å². The maximum atomic E-state index is 4.61. The zero-order valence-corrected chi connectivity index (χ0v) is 13.8. The SMILES string of the molecule is CCN(CCCNC1CCCCC1)Cc1cccc(C)n1. The molecule has 0 atom stereocenters. The topological polar surface area (TPSA) is 28.2 Å². The summed E-state index contributed by atoms with van der Waals surface area (Å²) in [6, 6.07) is 7.09. The highest BCUT2D eigenvalue weighted by Gasteiger charge is 2.12. The lowest BCUT2D eigenvalue weighted by atomic mass is 9.95. The zero-order chi connectivity index (χ0) is 14.9. The van der Waals surface area contributed by atoms with Crippen LogP contribution < -0.4 is 5.32 Å². The third kappa shape index (κ3) is 6.15. The Bertz CT molecular complexity index is 399. The van der Waals surface area contributed by atoms with Crippen molar-refractivity contribution < 1.29 is 0 Å². The number of hydrogen-bond acceptors (Lipinski definition) is 3. The average Bonchev–Trinajstić information content (AvgIpc) is 2.51. The van der Waals surface area contributed by atoms with Crippen molar-refractivity contribution in [3.63, 3.8) is 0 Å². The summed E-state index contributed by atoms with van der Waals surface area (Å²) in [5.74, 6) is 0. The number of nitrogens with zero attached hydrogens (tertiary/aromatic N) is 2. The first-order valence-electron chi connectivity index (χ1n) is 8.66. The van der Waals surface area contributed by atoms with Crippen LogP contribution in [0, 0.1) is 6.92 Å². The normalized spacial score (nSPS) is 16.5. The van der Waals surface area contributed by atoms with Crippen molar-refractivity contribution >= 4 is 0 Å². The highest BCUT2D eigenvalue weighted by Crippen LogP contribution is 2.17. The Morgan fingerprint density at radius 3 is 2.76 bits per heavy atom. The van der Waals surface area contributed by atoms with Crippen LogP contribution in [0.2, 0.25) is 0 Å². The van der Waals surface area contributed by atoms with Gasteiger partial charge in [0.2, 0.25) is 0 Å². The van der Waals surface area contributed by atoms with E-state index in [0.29, 0.717) is 0 Å². The number of aromatic nitrogens is 1. The number of nitrogens with one attached hydrogen (secondary N) is 1. The molecule has 1 aliphatic carbocycles. The highest BCUT2D eigenvalue weighted by molar-refractivity contribution is 5.09. The molecule has 0 radical (unpaired) electrons. The van der Waals surface area contributed by atoms with E-state index in [1.165, 1.54) is 44.2 Å². The number of rotatable bonds is 8. The minimum absolute atomic E-state index is 0.785. The predicted molar refractivity (Wildman–Crippen MR) is 89.4 cm³/mol. The molecule has 2 rings (SSSR count). The van der Waals surface area contributed by atoms with Gasteiger partial charge in [-0.3, -0.25) is 9.88 Å². The lowest BCUT2D eigenvalue weighted by Crippen LogP contribution is -2.34. The van der Waals surface area contributed by atoms with Crippen LogP contribution in [0.1, 0.15) is 56.8 Å². The summed E-state index contributed by atoms with van der Waals surface area (Å²) in [5, 5.41) is 3.73. The van der Waals surface area contributed by atoms with Gasteiger partial charge in [0.15, 0.2) is 0 Å². The Hall–Kier alpha value is -0.930. The molecule has 0 amide bonds. The third-order valence-corrected chi connectivity index (χ3v) is 4.47. The first kappa shape index (κ1) is 16.4. The van der Waals surface area contributed by atoms with Gasteiger partial charge in [-0.2, -0.15) is 0 Å². The molecule has 1 saturated carbocycles. The van der Waals surface area contributed by atoms with E-state index in [1.54, 1.807) is 0 Å². The minimum atomic E-state index is 0.785. The van der Waals surface area contributed by atoms with Crippen LogP contribution in [-0.4, -0.2) is 35.6 Å². The van der Waals surface area contributed by atoms with Crippen molar-refractivity contribution in [2.24, 2.45) is 0 Å². The third-order valence-electron chi connectivity index (χ3n) is 4.47. The zero-order valence-electron chi connectivity index (χ0n) is 13.8. The fraction of sp³-hybridized carbons (Fsp3) is 0.722. The van der Waals surface area contributed by atoms with Crippen molar-refractivity contribution in [3.05, 3.63) is 29.6 Å². The number of pyridine rings is 1. The van der Waals surface area contributed by atoms with Gasteiger partial charge in [0.05, 0.1) is 5.69 Å². The van der Waals surface area contributed by atoms with Gasteiger partial charge in [-0.1, -0.05) is 32.3 Å². The van der Waals surface area contributed by atoms with Crippen molar-refractivity contribution in [2.45, 2.75) is 65.0 Å². The van der Waals surface area contributed by atoms with Crippen LogP contribution in [0.15, 0.2) is 18.2 Å². The molecule has 1 aromatic heterocycles. The summed E-state index contributed by atoms with van der Waals surface area (Å²) in [7, 11) is 0. The Morgan fingerprint density at radius 2 is 2.05 bits per heavy atom. The molecule has 0 saturated heterocycles. The summed E-state index contributed by atoms with van der Waals surface area (Å²) < 4.78 is 0. The molecule has 21 heavy (non-hydrogen) atoms. The fourth-order valence-electron chi connectivity index (χ4n) is 3.18. The standard InChI is InChI=1S/C18H31N3/c1-3-21(15-18-12-7-9-16(2)20-18)14-8-13-19-17-10-5-4-6-11-17/h7,9,12,17,19H,3-6,8,10-11,13-15H2,1-2H3. The smallest absolute Gasteiger partial charge is 0.0547 e. The molecule has 1 heterocycles. The van der Waals surface area contributed by atoms with E-state index in [1.807, 2.05) is 0 Å². The molecule has 3 heteroatoms. The van der Waals surface area contributed by atoms with Crippen LogP contribution >= 0.6 is 0 Å². The van der Waals surface area contributed by atoms with Gasteiger partial charge in [0.25, 0.3) is 0 Å². The molecule has 118 valence electrons. The van der Waals surface area contributed by atoms with Crippen molar-refractivity contribution in [1.82, 2.24) is 15.2 Å². The van der Waals surface area contributed by atoms with Gasteiger partial charge in [0, 0.05) is 18.3 Å². The van der Waals surface area contributed by atoms with Crippen LogP contribution in [0.3, 0.4) is 0 Å². The molecular weight excluding hydrogens is 258 g/mol. The van der Waals surface area contributed by atoms with E-state index in [9.17, 15) is 0 Å². The van der Waals surface area contributed by atoms with Gasteiger partial charge in [0.1, 0.15) is 0 Å². The van der Waals surface area contributed by atoms with Crippen LogP contribution in [0.4, 0.5) is 0 Å². The lowest BCUT2D eigenvalue weighted by Gasteiger charge is -2.24. The minimum Gasteiger partial charge on any atom is -0.314 e. The maximum absolute atomic E-state index is 4.61. The Kier molecular flexibility index (Phi) is 7.17. The second-order valence-electron chi connectivity index (χ2n) is 6.28. The number of aryl methyl sites for hydroxylation is 1. The Morgan fingerprint density at radius 1 is 1.24 bits per heavy atom. The highest BCUT2D eigenvalue weighted by atomic mass is 15.1. The van der Waals surface area contributed by atoms with Gasteiger partial charge in [-0.15, -0.1) is 0 Å². The van der Waals surface area contributed by atoms with Crippen LogP contribution in [-0.2, 0) is 6.54 Å². The first-order valence-corrected chi connectivity index (χ1v) is 8.66. The summed E-state index contributed by atoms with van der Waals surface area (Å²) in [4.78, 5) is 7.10. The molecule has 0 aromatic carbocycles. The predicted octanol–water partition coefficient (Wildman–Crippen LogP) is 3.52. The Balaban J connectivity index is 1.65. The molecule has 0 spiro atoms. The molecule has 1 fully saturated rings. The molecule has 1 aliphatic rings. The number of hydrogen-bond donors (Lipinski definition) is 1. The summed E-state index contributed by atoms with van der Waals surface area (Å²) >= 11 is 0. The molecule has 0 unspecified atom stereocenters. The fourth-order valence-corrected chi connectivity index (χ4v) is 3.18. The van der Waals surface area contributed by atoms with Gasteiger partial charge in [-0.05, 0) is 58.0 Å². The van der Waals surface area contributed by atoms with E-state index in [4.69, 9.17) is 0 Å². The summed E-state index contributed by atoms with van der Waals surface area (Å²) in [5.41, 5.74) is 2.31. The summed E-state index contributed by atoms with van der Waals surface area (Å²) in [6.45, 7) is 8.69. The van der Waals surface area contributed by atoms with Crippen LogP contribution in [0.5, 0.6) is 0 Å². The second-order valence-corrected chi connectivity index (χ2v) is 6.28. The van der Waals surface area contributed by atoms with Crippen molar-refractivity contribution in [3.8, 4) is 0 Å².